The third kappa shape index (κ3) is 9.44. The summed E-state index contributed by atoms with van der Waals surface area (Å²) in [6, 6.07) is 19.9. The topological polar surface area (TPSA) is 53.0 Å². The maximum atomic E-state index is 13.1. The third-order valence-corrected chi connectivity index (χ3v) is 5.94. The lowest BCUT2D eigenvalue weighted by Crippen LogP contribution is -2.50. The Labute approximate surface area is 211 Å². The number of hydrogen-bond donors (Lipinski definition) is 1. The number of benzene rings is 2. The van der Waals surface area contributed by atoms with Crippen LogP contribution in [0.1, 0.15) is 51.3 Å². The molecule has 3 atom stereocenters. The van der Waals surface area contributed by atoms with Gasteiger partial charge in [0.15, 0.2) is 6.10 Å². The van der Waals surface area contributed by atoms with Crippen molar-refractivity contribution in [2.45, 2.75) is 64.4 Å². The van der Waals surface area contributed by atoms with Crippen LogP contribution in [0.4, 0.5) is 0 Å². The van der Waals surface area contributed by atoms with Crippen LogP contribution in [0, 0.1) is 0 Å². The van der Waals surface area contributed by atoms with Crippen molar-refractivity contribution >= 4 is 5.97 Å². The molecular formula is C30H42N2O3. The number of carbonyl (C=O) groups is 1. The highest BCUT2D eigenvalue weighted by atomic mass is 16.6. The normalized spacial score (nSPS) is 14.4. The summed E-state index contributed by atoms with van der Waals surface area (Å²) in [6.07, 6.45) is 3.00. The van der Waals surface area contributed by atoms with Crippen LogP contribution in [0.3, 0.4) is 0 Å². The summed E-state index contributed by atoms with van der Waals surface area (Å²) < 4.78 is 5.61. The van der Waals surface area contributed by atoms with Gasteiger partial charge in [0, 0.05) is 38.3 Å². The van der Waals surface area contributed by atoms with Crippen LogP contribution >= 0.6 is 0 Å². The molecule has 0 unspecified atom stereocenters. The van der Waals surface area contributed by atoms with Crippen LogP contribution in [-0.2, 0) is 16.1 Å². The number of carbonyl (C=O) groups excluding carboxylic acids is 1. The first kappa shape index (κ1) is 28.5. The van der Waals surface area contributed by atoms with Crippen LogP contribution < -0.4 is 0 Å². The van der Waals surface area contributed by atoms with Gasteiger partial charge in [0.05, 0.1) is 0 Å². The average molecular weight is 479 g/mol. The molecule has 35 heavy (non-hydrogen) atoms. The lowest BCUT2D eigenvalue weighted by Gasteiger charge is -2.40. The summed E-state index contributed by atoms with van der Waals surface area (Å²) in [5, 5.41) is 11.4. The van der Waals surface area contributed by atoms with Gasteiger partial charge in [-0.05, 0) is 45.2 Å². The minimum atomic E-state index is -1.29. The largest absolute Gasteiger partial charge is 0.458 e. The Kier molecular flexibility index (Phi) is 11.4. The molecule has 0 saturated carbocycles. The van der Waals surface area contributed by atoms with E-state index >= 15 is 0 Å². The molecule has 0 spiro atoms. The van der Waals surface area contributed by atoms with E-state index in [-0.39, 0.29) is 6.04 Å². The second kappa shape index (κ2) is 14.0. The highest BCUT2D eigenvalue weighted by Crippen LogP contribution is 2.28. The number of aliphatic hydroxyl groups excluding tert-OH is 1. The van der Waals surface area contributed by atoms with Crippen LogP contribution in [-0.4, -0.2) is 58.3 Å². The molecule has 2 aromatic carbocycles. The fourth-order valence-corrected chi connectivity index (χ4v) is 4.22. The Morgan fingerprint density at radius 2 is 1.54 bits per heavy atom. The van der Waals surface area contributed by atoms with E-state index in [0.29, 0.717) is 32.6 Å². The predicted octanol–water partition coefficient (Wildman–Crippen LogP) is 5.39. The zero-order valence-electron chi connectivity index (χ0n) is 21.8. The highest BCUT2D eigenvalue weighted by molar-refractivity contribution is 5.75. The summed E-state index contributed by atoms with van der Waals surface area (Å²) in [5.74, 6) is -0.597. The monoisotopic (exact) mass is 478 g/mol. The molecule has 5 nitrogen and oxygen atoms in total. The molecule has 0 radical (unpaired) electrons. The van der Waals surface area contributed by atoms with Gasteiger partial charge in [0.25, 0.3) is 0 Å². The Balaban J connectivity index is 2.45. The second-order valence-electron chi connectivity index (χ2n) is 9.92. The number of hydrogen-bond acceptors (Lipinski definition) is 5. The third-order valence-electron chi connectivity index (χ3n) is 5.94. The summed E-state index contributed by atoms with van der Waals surface area (Å²) in [6.45, 7) is 18.0. The molecule has 0 heterocycles. The minimum absolute atomic E-state index is 0.0363. The molecule has 0 amide bonds. The Morgan fingerprint density at radius 3 is 2.06 bits per heavy atom. The highest BCUT2D eigenvalue weighted by Gasteiger charge is 2.36. The lowest BCUT2D eigenvalue weighted by atomic mass is 9.97. The van der Waals surface area contributed by atoms with E-state index in [0.717, 1.165) is 11.1 Å². The lowest BCUT2D eigenvalue weighted by molar-refractivity contribution is -0.170. The number of esters is 1. The van der Waals surface area contributed by atoms with Crippen LogP contribution in [0.2, 0.25) is 0 Å². The van der Waals surface area contributed by atoms with Crippen molar-refractivity contribution in [2.24, 2.45) is 0 Å². The van der Waals surface area contributed by atoms with E-state index < -0.39 is 23.7 Å². The van der Waals surface area contributed by atoms with Crippen LogP contribution in [0.5, 0.6) is 0 Å². The van der Waals surface area contributed by atoms with Gasteiger partial charge >= 0.3 is 5.97 Å². The molecular weight excluding hydrogens is 436 g/mol. The zero-order valence-corrected chi connectivity index (χ0v) is 21.8. The maximum Gasteiger partial charge on any atom is 0.337 e. The van der Waals surface area contributed by atoms with Gasteiger partial charge in [-0.1, -0.05) is 72.8 Å². The molecule has 0 saturated heterocycles. The van der Waals surface area contributed by atoms with Crippen molar-refractivity contribution in [2.75, 3.05) is 19.6 Å². The molecule has 0 fully saturated rings. The average Bonchev–Trinajstić information content (AvgIpc) is 2.83. The molecule has 0 aliphatic rings. The summed E-state index contributed by atoms with van der Waals surface area (Å²) >= 11 is 0. The number of nitrogens with zero attached hydrogens (tertiary/aromatic N) is 2. The Morgan fingerprint density at radius 1 is 1.00 bits per heavy atom. The van der Waals surface area contributed by atoms with Crippen molar-refractivity contribution < 1.29 is 14.6 Å². The van der Waals surface area contributed by atoms with Crippen molar-refractivity contribution in [3.8, 4) is 0 Å². The summed E-state index contributed by atoms with van der Waals surface area (Å²) in [7, 11) is 0. The van der Waals surface area contributed by atoms with Crippen molar-refractivity contribution in [3.63, 3.8) is 0 Å². The quantitative estimate of drug-likeness (QED) is 0.292. The first-order chi connectivity index (χ1) is 16.7. The molecule has 2 rings (SSSR count). The first-order valence-electron chi connectivity index (χ1n) is 12.4. The van der Waals surface area contributed by atoms with Crippen molar-refractivity contribution in [3.05, 3.63) is 97.1 Å². The zero-order chi connectivity index (χ0) is 25.8. The van der Waals surface area contributed by atoms with E-state index in [1.54, 1.807) is 0 Å². The molecule has 190 valence electrons. The van der Waals surface area contributed by atoms with Crippen molar-refractivity contribution in [1.29, 1.82) is 0 Å². The number of rotatable bonds is 14. The van der Waals surface area contributed by atoms with Gasteiger partial charge in [-0.15, -0.1) is 13.2 Å². The first-order valence-corrected chi connectivity index (χ1v) is 12.4. The standard InChI is InChI=1S/C30H42N2O3/c1-7-20-31(21-8-2)22-19-27(28(33)29(34)35-30(4,5)6)32(23-25-15-11-9-12-16-25)24(3)26-17-13-10-14-18-26/h7-18,24,27-28,33H,1-2,19-23H2,3-6H3/t24-,27-,28-/m1/s1. The molecule has 2 aromatic rings. The van der Waals surface area contributed by atoms with E-state index in [9.17, 15) is 9.90 Å². The van der Waals surface area contributed by atoms with E-state index in [4.69, 9.17) is 4.74 Å². The summed E-state index contributed by atoms with van der Waals surface area (Å²) in [5.41, 5.74) is 1.56. The molecule has 0 aromatic heterocycles. The van der Waals surface area contributed by atoms with Crippen LogP contribution in [0.15, 0.2) is 86.0 Å². The maximum absolute atomic E-state index is 13.1. The van der Waals surface area contributed by atoms with E-state index in [1.165, 1.54) is 0 Å². The van der Waals surface area contributed by atoms with Gasteiger partial charge in [-0.2, -0.15) is 0 Å². The van der Waals surface area contributed by atoms with E-state index in [2.05, 4.69) is 54.1 Å². The predicted molar refractivity (Wildman–Crippen MR) is 144 cm³/mol. The van der Waals surface area contributed by atoms with Crippen molar-refractivity contribution in [1.82, 2.24) is 9.80 Å². The molecule has 0 aliphatic carbocycles. The molecule has 0 bridgehead atoms. The second-order valence-corrected chi connectivity index (χ2v) is 9.92. The number of aliphatic hydroxyl groups is 1. The fourth-order valence-electron chi connectivity index (χ4n) is 4.22. The molecule has 1 N–H and O–H groups in total. The number of ether oxygens (including phenoxy) is 1. The van der Waals surface area contributed by atoms with Gasteiger partial charge in [-0.3, -0.25) is 9.80 Å². The fraction of sp³-hybridized carbons (Fsp3) is 0.433. The Hall–Kier alpha value is -2.73. The Bertz CT molecular complexity index is 898. The van der Waals surface area contributed by atoms with Gasteiger partial charge in [0.2, 0.25) is 0 Å². The van der Waals surface area contributed by atoms with E-state index in [1.807, 2.05) is 69.3 Å². The van der Waals surface area contributed by atoms with Crippen LogP contribution in [0.25, 0.3) is 0 Å². The molecule has 5 heteroatoms. The van der Waals surface area contributed by atoms with Gasteiger partial charge < -0.3 is 9.84 Å². The smallest absolute Gasteiger partial charge is 0.337 e. The van der Waals surface area contributed by atoms with Gasteiger partial charge in [0.1, 0.15) is 5.60 Å². The van der Waals surface area contributed by atoms with Gasteiger partial charge in [-0.25, -0.2) is 4.79 Å². The minimum Gasteiger partial charge on any atom is -0.458 e. The molecule has 0 aliphatic heterocycles. The summed E-state index contributed by atoms with van der Waals surface area (Å²) in [4.78, 5) is 17.5. The SMILES string of the molecule is C=CCN(CC=C)CC[C@H]([C@@H](O)C(=O)OC(C)(C)C)N(Cc1ccccc1)[C@H](C)c1ccccc1.